The Kier molecular flexibility index (Phi) is 52.1. The molecule has 0 aliphatic carbocycles. The summed E-state index contributed by atoms with van der Waals surface area (Å²) >= 11 is 0. The predicted octanol–water partition coefficient (Wildman–Crippen LogP) is 18.1. The number of quaternary nitrogens is 1. The van der Waals surface area contributed by atoms with Gasteiger partial charge in [-0.2, -0.15) is 0 Å². The smallest absolute Gasteiger partial charge is 0.268 e. The van der Waals surface area contributed by atoms with Crippen LogP contribution in [0.4, 0.5) is 0 Å². The SMILES string of the molecule is CCCCCCCCC/C=C/C(O)C(COP(=O)([O-])OCC[N+](C)(C)C)NC(=O)CCCCCCCCCCCCCCCCCCC/C=C\CCCCCCCCCCCCCCCCCCCC. The highest BCUT2D eigenvalue weighted by Gasteiger charge is 2.23. The first kappa shape index (κ1) is 69.0. The Labute approximate surface area is 436 Å². The molecule has 3 unspecified atom stereocenters. The molecule has 0 fully saturated rings. The van der Waals surface area contributed by atoms with Gasteiger partial charge in [-0.15, -0.1) is 0 Å². The second-order valence-electron chi connectivity index (χ2n) is 22.4. The van der Waals surface area contributed by atoms with Crippen molar-refractivity contribution in [3.8, 4) is 0 Å². The molecule has 0 saturated heterocycles. The summed E-state index contributed by atoms with van der Waals surface area (Å²) < 4.78 is 23.2. The highest BCUT2D eigenvalue weighted by molar-refractivity contribution is 7.45. The molecule has 2 N–H and O–H groups in total. The van der Waals surface area contributed by atoms with Gasteiger partial charge in [0, 0.05) is 6.42 Å². The molecule has 0 aromatic carbocycles. The number of amides is 1. The summed E-state index contributed by atoms with van der Waals surface area (Å²) in [5.41, 5.74) is 0. The van der Waals surface area contributed by atoms with Crippen molar-refractivity contribution in [3.63, 3.8) is 0 Å². The summed E-state index contributed by atoms with van der Waals surface area (Å²) in [7, 11) is 1.27. The highest BCUT2D eigenvalue weighted by Crippen LogP contribution is 2.38. The zero-order chi connectivity index (χ0) is 51.3. The summed E-state index contributed by atoms with van der Waals surface area (Å²) in [6.45, 7) is 4.65. The van der Waals surface area contributed by atoms with E-state index >= 15 is 0 Å². The van der Waals surface area contributed by atoms with Crippen LogP contribution in [-0.4, -0.2) is 68.5 Å². The minimum atomic E-state index is -4.58. The van der Waals surface area contributed by atoms with Crippen LogP contribution in [0.25, 0.3) is 0 Å². The van der Waals surface area contributed by atoms with Crippen molar-refractivity contribution in [3.05, 3.63) is 24.3 Å². The minimum absolute atomic E-state index is 0.000746. The molecule has 0 aliphatic heterocycles. The topological polar surface area (TPSA) is 108 Å². The summed E-state index contributed by atoms with van der Waals surface area (Å²) in [4.78, 5) is 25.4. The number of carbonyl (C=O) groups excluding carboxylic acids is 1. The maximum absolute atomic E-state index is 12.9. The second kappa shape index (κ2) is 52.8. The minimum Gasteiger partial charge on any atom is -0.756 e. The Balaban J connectivity index is 3.78. The van der Waals surface area contributed by atoms with Gasteiger partial charge in [-0.1, -0.05) is 282 Å². The summed E-state index contributed by atoms with van der Waals surface area (Å²) in [5, 5.41) is 13.8. The molecule has 0 bridgehead atoms. The van der Waals surface area contributed by atoms with Gasteiger partial charge in [0.15, 0.2) is 0 Å². The first-order chi connectivity index (χ1) is 34.0. The summed E-state index contributed by atoms with van der Waals surface area (Å²) in [6.07, 6.45) is 67.5. The third-order valence-electron chi connectivity index (χ3n) is 14.2. The van der Waals surface area contributed by atoms with E-state index < -0.39 is 20.0 Å². The van der Waals surface area contributed by atoms with Crippen molar-refractivity contribution in [2.75, 3.05) is 40.9 Å². The Bertz CT molecular complexity index is 1190. The lowest BCUT2D eigenvalue weighted by molar-refractivity contribution is -0.870. The van der Waals surface area contributed by atoms with Gasteiger partial charge in [-0.3, -0.25) is 9.36 Å². The fourth-order valence-electron chi connectivity index (χ4n) is 9.33. The second-order valence-corrected chi connectivity index (χ2v) is 23.8. The van der Waals surface area contributed by atoms with E-state index in [1.54, 1.807) is 6.08 Å². The van der Waals surface area contributed by atoms with Crippen LogP contribution in [0.5, 0.6) is 0 Å². The first-order valence-corrected chi connectivity index (χ1v) is 32.2. The van der Waals surface area contributed by atoms with Gasteiger partial charge in [-0.25, -0.2) is 0 Å². The molecule has 0 aromatic heterocycles. The van der Waals surface area contributed by atoms with E-state index in [-0.39, 0.29) is 19.1 Å². The monoisotopic (exact) mass is 1010 g/mol. The Morgan fingerprint density at radius 3 is 1.11 bits per heavy atom. The van der Waals surface area contributed by atoms with Crippen molar-refractivity contribution in [2.45, 2.75) is 321 Å². The third-order valence-corrected chi connectivity index (χ3v) is 15.1. The predicted molar refractivity (Wildman–Crippen MR) is 302 cm³/mol. The molecule has 0 radical (unpaired) electrons. The van der Waals surface area contributed by atoms with Gasteiger partial charge in [0.1, 0.15) is 13.2 Å². The van der Waals surface area contributed by atoms with E-state index in [0.29, 0.717) is 17.4 Å². The lowest BCUT2D eigenvalue weighted by Gasteiger charge is -2.29. The summed E-state index contributed by atoms with van der Waals surface area (Å²) in [5.74, 6) is -0.195. The molecular weight excluding hydrogens is 888 g/mol. The van der Waals surface area contributed by atoms with E-state index in [9.17, 15) is 19.4 Å². The molecule has 416 valence electrons. The molecule has 8 nitrogen and oxygen atoms in total. The molecule has 0 aliphatic rings. The largest absolute Gasteiger partial charge is 0.756 e. The number of phosphoric acid groups is 1. The quantitative estimate of drug-likeness (QED) is 0.0272. The van der Waals surface area contributed by atoms with Gasteiger partial charge >= 0.3 is 0 Å². The van der Waals surface area contributed by atoms with Crippen molar-refractivity contribution in [1.29, 1.82) is 0 Å². The Morgan fingerprint density at radius 1 is 0.486 bits per heavy atom. The van der Waals surface area contributed by atoms with Gasteiger partial charge < -0.3 is 28.8 Å². The lowest BCUT2D eigenvalue weighted by atomic mass is 10.0. The number of hydrogen-bond acceptors (Lipinski definition) is 6. The lowest BCUT2D eigenvalue weighted by Crippen LogP contribution is -2.45. The fraction of sp³-hybridized carbons (Fsp3) is 0.918. The fourth-order valence-corrected chi connectivity index (χ4v) is 10.1. The summed E-state index contributed by atoms with van der Waals surface area (Å²) in [6, 6.07) is -0.882. The van der Waals surface area contributed by atoms with Crippen LogP contribution >= 0.6 is 7.82 Å². The number of hydrogen-bond donors (Lipinski definition) is 2. The number of rotatable bonds is 57. The zero-order valence-corrected chi connectivity index (χ0v) is 48.4. The molecule has 9 heteroatoms. The number of aliphatic hydroxyl groups excluding tert-OH is 1. The van der Waals surface area contributed by atoms with Crippen molar-refractivity contribution < 1.29 is 32.9 Å². The molecule has 0 rings (SSSR count). The molecule has 1 amide bonds. The van der Waals surface area contributed by atoms with Gasteiger partial charge in [0.25, 0.3) is 7.82 Å². The van der Waals surface area contributed by atoms with E-state index in [2.05, 4.69) is 31.3 Å². The number of unbranched alkanes of at least 4 members (excludes halogenated alkanes) is 42. The van der Waals surface area contributed by atoms with Crippen LogP contribution in [0.3, 0.4) is 0 Å². The van der Waals surface area contributed by atoms with Gasteiger partial charge in [-0.05, 0) is 44.9 Å². The molecule has 0 saturated carbocycles. The third kappa shape index (κ3) is 54.7. The zero-order valence-electron chi connectivity index (χ0n) is 47.5. The number of allylic oxidation sites excluding steroid dienone is 3. The van der Waals surface area contributed by atoms with E-state index in [0.717, 1.165) is 38.5 Å². The van der Waals surface area contributed by atoms with Crippen LogP contribution in [0.2, 0.25) is 0 Å². The Morgan fingerprint density at radius 2 is 0.786 bits per heavy atom. The molecule has 0 aromatic rings. The molecular formula is C61H121N2O6P. The van der Waals surface area contributed by atoms with Crippen LogP contribution < -0.4 is 10.2 Å². The van der Waals surface area contributed by atoms with Crippen molar-refractivity contribution >= 4 is 13.7 Å². The molecule has 3 atom stereocenters. The van der Waals surface area contributed by atoms with Gasteiger partial charge in [0.2, 0.25) is 5.91 Å². The number of nitrogens with zero attached hydrogens (tertiary/aromatic N) is 1. The van der Waals surface area contributed by atoms with Crippen LogP contribution in [0, 0.1) is 0 Å². The first-order valence-electron chi connectivity index (χ1n) is 30.7. The normalized spacial score (nSPS) is 14.0. The van der Waals surface area contributed by atoms with Crippen LogP contribution in [-0.2, 0) is 18.4 Å². The standard InChI is InChI=1S/C61H121N2O6P/c1-6-8-10-12-14-16-17-18-19-20-21-22-23-24-25-26-27-28-29-30-31-32-33-34-35-36-37-38-39-40-41-42-43-44-45-47-49-51-53-55-61(65)62-59(58-69-70(66,67)68-57-56-63(3,4)5)60(64)54-52-50-48-46-15-13-11-9-7-2/h30-31,52,54,59-60,64H,6-29,32-51,53,55-58H2,1-5H3,(H-,62,65,66,67)/b31-30-,54-52+. The number of phosphoric ester groups is 1. The van der Waals surface area contributed by atoms with Crippen molar-refractivity contribution in [1.82, 2.24) is 5.32 Å². The van der Waals surface area contributed by atoms with Crippen molar-refractivity contribution in [2.24, 2.45) is 0 Å². The number of aliphatic hydroxyl groups is 1. The number of likely N-dealkylation sites (N-methyl/N-ethyl adjacent to an activating group) is 1. The van der Waals surface area contributed by atoms with Gasteiger partial charge in [0.05, 0.1) is 39.9 Å². The van der Waals surface area contributed by atoms with E-state index in [1.807, 2.05) is 27.2 Å². The highest BCUT2D eigenvalue weighted by atomic mass is 31.2. The Hall–Kier alpha value is -1.02. The molecule has 0 spiro atoms. The number of nitrogens with one attached hydrogen (secondary N) is 1. The average Bonchev–Trinajstić information content (AvgIpc) is 3.32. The average molecular weight is 1010 g/mol. The number of carbonyl (C=O) groups is 1. The maximum Gasteiger partial charge on any atom is 0.268 e. The van der Waals surface area contributed by atoms with E-state index in [1.165, 1.54) is 250 Å². The van der Waals surface area contributed by atoms with Crippen LogP contribution in [0.1, 0.15) is 309 Å². The maximum atomic E-state index is 12.9. The molecule has 0 heterocycles. The molecule has 70 heavy (non-hydrogen) atoms. The van der Waals surface area contributed by atoms with Crippen LogP contribution in [0.15, 0.2) is 24.3 Å². The van der Waals surface area contributed by atoms with E-state index in [4.69, 9.17) is 9.05 Å².